The zero-order valence-electron chi connectivity index (χ0n) is 15.6. The molecule has 1 aliphatic carbocycles. The number of hydrogen-bond acceptors (Lipinski definition) is 5. The predicted octanol–water partition coefficient (Wildman–Crippen LogP) is 5.75. The Morgan fingerprint density at radius 3 is 2.56 bits per heavy atom. The fourth-order valence-corrected chi connectivity index (χ4v) is 4.61. The van der Waals surface area contributed by atoms with E-state index >= 15 is 0 Å². The molecule has 138 valence electrons. The summed E-state index contributed by atoms with van der Waals surface area (Å²) in [4.78, 5) is 14.1. The number of aryl methyl sites for hydroxylation is 1. The number of hydrogen-bond donors (Lipinski definition) is 1. The van der Waals surface area contributed by atoms with Crippen LogP contribution >= 0.6 is 11.3 Å². The molecule has 1 fully saturated rings. The number of thiazole rings is 1. The van der Waals surface area contributed by atoms with E-state index in [1.807, 2.05) is 13.0 Å². The molecule has 1 aromatic carbocycles. The first-order valence-corrected chi connectivity index (χ1v) is 10.4. The Morgan fingerprint density at radius 1 is 1.04 bits per heavy atom. The molecule has 0 spiro atoms. The van der Waals surface area contributed by atoms with Crippen LogP contribution < -0.4 is 5.73 Å². The Morgan fingerprint density at radius 2 is 1.81 bits per heavy atom. The number of allylic oxidation sites excluding steroid dienone is 1. The van der Waals surface area contributed by atoms with Crippen molar-refractivity contribution < 1.29 is 0 Å². The minimum absolute atomic E-state index is 0.288. The van der Waals surface area contributed by atoms with E-state index in [1.54, 1.807) is 17.5 Å². The van der Waals surface area contributed by atoms with Gasteiger partial charge in [0.25, 0.3) is 0 Å². The molecule has 0 amide bonds. The van der Waals surface area contributed by atoms with E-state index in [2.05, 4.69) is 46.4 Å². The first-order chi connectivity index (χ1) is 13.2. The first kappa shape index (κ1) is 17.9. The standard InChI is InChI=1S/C22H24N4S/c1-15-20(19-13-14-24-22(23)26-19)27-21(25-15)18-11-9-17(10-12-18)8-7-16-5-3-2-4-6-16/h7-14,16H,2-6H2,1H3,(H2,23,24,26). The smallest absolute Gasteiger partial charge is 0.220 e. The molecular weight excluding hydrogens is 352 g/mol. The van der Waals surface area contributed by atoms with Crippen LogP contribution in [0.4, 0.5) is 5.95 Å². The highest BCUT2D eigenvalue weighted by Crippen LogP contribution is 2.34. The molecule has 0 unspecified atom stereocenters. The summed E-state index contributed by atoms with van der Waals surface area (Å²) >= 11 is 1.64. The third kappa shape index (κ3) is 4.25. The Hall–Kier alpha value is -2.53. The second-order valence-electron chi connectivity index (χ2n) is 7.11. The highest BCUT2D eigenvalue weighted by atomic mass is 32.1. The molecule has 1 aliphatic rings. The average Bonchev–Trinajstić information content (AvgIpc) is 3.09. The van der Waals surface area contributed by atoms with Crippen LogP contribution in [0, 0.1) is 12.8 Å². The molecule has 2 heterocycles. The summed E-state index contributed by atoms with van der Waals surface area (Å²) < 4.78 is 0. The van der Waals surface area contributed by atoms with Gasteiger partial charge in [-0.3, -0.25) is 0 Å². The largest absolute Gasteiger partial charge is 0.368 e. The summed E-state index contributed by atoms with van der Waals surface area (Å²) in [5.74, 6) is 1.04. The first-order valence-electron chi connectivity index (χ1n) is 9.54. The number of anilines is 1. The van der Waals surface area contributed by atoms with Crippen LogP contribution in [-0.2, 0) is 0 Å². The molecule has 0 atom stereocenters. The fraction of sp³-hybridized carbons (Fsp3) is 0.318. The Bertz CT molecular complexity index is 937. The van der Waals surface area contributed by atoms with Crippen LogP contribution in [-0.4, -0.2) is 15.0 Å². The lowest BCUT2D eigenvalue weighted by molar-refractivity contribution is 0.420. The van der Waals surface area contributed by atoms with Crippen molar-refractivity contribution >= 4 is 23.4 Å². The van der Waals surface area contributed by atoms with E-state index in [9.17, 15) is 0 Å². The zero-order valence-corrected chi connectivity index (χ0v) is 16.4. The second-order valence-corrected chi connectivity index (χ2v) is 8.11. The van der Waals surface area contributed by atoms with Gasteiger partial charge in [-0.25, -0.2) is 15.0 Å². The number of benzene rings is 1. The monoisotopic (exact) mass is 376 g/mol. The molecule has 5 heteroatoms. The third-order valence-corrected chi connectivity index (χ3v) is 6.30. The van der Waals surface area contributed by atoms with Crippen LogP contribution in [0.25, 0.3) is 27.2 Å². The molecule has 0 bridgehead atoms. The van der Waals surface area contributed by atoms with Gasteiger partial charge in [0.2, 0.25) is 5.95 Å². The maximum Gasteiger partial charge on any atom is 0.220 e. The van der Waals surface area contributed by atoms with Crippen molar-refractivity contribution in [3.8, 4) is 21.1 Å². The highest BCUT2D eigenvalue weighted by molar-refractivity contribution is 7.18. The molecule has 2 N–H and O–H groups in total. The summed E-state index contributed by atoms with van der Waals surface area (Å²) in [6.07, 6.45) is 13.2. The SMILES string of the molecule is Cc1nc(-c2ccc(C=CC3CCCCC3)cc2)sc1-c1ccnc(N)n1. The van der Waals surface area contributed by atoms with Gasteiger partial charge < -0.3 is 5.73 Å². The van der Waals surface area contributed by atoms with Gasteiger partial charge in [-0.05, 0) is 37.3 Å². The van der Waals surface area contributed by atoms with Crippen LogP contribution in [0.5, 0.6) is 0 Å². The van der Waals surface area contributed by atoms with Crippen molar-refractivity contribution in [1.29, 1.82) is 0 Å². The Labute approximate surface area is 164 Å². The number of nitrogen functional groups attached to an aromatic ring is 1. The van der Waals surface area contributed by atoms with E-state index < -0.39 is 0 Å². The van der Waals surface area contributed by atoms with E-state index in [0.29, 0.717) is 0 Å². The molecule has 4 nitrogen and oxygen atoms in total. The van der Waals surface area contributed by atoms with Crippen LogP contribution in [0.15, 0.2) is 42.6 Å². The Kier molecular flexibility index (Phi) is 5.30. The molecule has 2 aromatic heterocycles. The molecule has 4 rings (SSSR count). The summed E-state index contributed by atoms with van der Waals surface area (Å²) in [5, 5.41) is 1.00. The quantitative estimate of drug-likeness (QED) is 0.629. The summed E-state index contributed by atoms with van der Waals surface area (Å²) in [7, 11) is 0. The van der Waals surface area contributed by atoms with Gasteiger partial charge in [0, 0.05) is 11.8 Å². The maximum absolute atomic E-state index is 5.72. The van der Waals surface area contributed by atoms with Gasteiger partial charge in [-0.1, -0.05) is 55.7 Å². The lowest BCUT2D eigenvalue weighted by Crippen LogP contribution is -2.02. The van der Waals surface area contributed by atoms with E-state index in [1.165, 1.54) is 37.7 Å². The predicted molar refractivity (Wildman–Crippen MR) is 113 cm³/mol. The van der Waals surface area contributed by atoms with Crippen LogP contribution in [0.2, 0.25) is 0 Å². The highest BCUT2D eigenvalue weighted by Gasteiger charge is 2.13. The summed E-state index contributed by atoms with van der Waals surface area (Å²) in [6, 6.07) is 10.5. The van der Waals surface area contributed by atoms with Crippen molar-refractivity contribution in [2.75, 3.05) is 5.73 Å². The second kappa shape index (κ2) is 8.01. The normalized spacial score (nSPS) is 15.4. The maximum atomic E-state index is 5.72. The summed E-state index contributed by atoms with van der Waals surface area (Å²) in [6.45, 7) is 2.01. The van der Waals surface area contributed by atoms with Crippen molar-refractivity contribution in [2.24, 2.45) is 5.92 Å². The van der Waals surface area contributed by atoms with E-state index in [4.69, 9.17) is 10.7 Å². The third-order valence-electron chi connectivity index (χ3n) is 5.07. The molecule has 3 aromatic rings. The van der Waals surface area contributed by atoms with Gasteiger partial charge in [-0.2, -0.15) is 0 Å². The van der Waals surface area contributed by atoms with Gasteiger partial charge in [0.15, 0.2) is 0 Å². The lowest BCUT2D eigenvalue weighted by atomic mass is 9.89. The fourth-order valence-electron chi connectivity index (χ4n) is 3.57. The van der Waals surface area contributed by atoms with E-state index in [0.717, 1.165) is 32.8 Å². The molecule has 0 radical (unpaired) electrons. The number of aromatic nitrogens is 3. The topological polar surface area (TPSA) is 64.7 Å². The number of nitrogens with zero attached hydrogens (tertiary/aromatic N) is 3. The van der Waals surface area contributed by atoms with Crippen LogP contribution in [0.3, 0.4) is 0 Å². The van der Waals surface area contributed by atoms with Crippen molar-refractivity contribution in [3.63, 3.8) is 0 Å². The van der Waals surface area contributed by atoms with Gasteiger partial charge in [0.1, 0.15) is 5.01 Å². The number of rotatable bonds is 4. The van der Waals surface area contributed by atoms with Crippen molar-refractivity contribution in [1.82, 2.24) is 15.0 Å². The van der Waals surface area contributed by atoms with Gasteiger partial charge in [-0.15, -0.1) is 11.3 Å². The van der Waals surface area contributed by atoms with Crippen molar-refractivity contribution in [3.05, 3.63) is 53.9 Å². The Balaban J connectivity index is 1.52. The minimum atomic E-state index is 0.288. The zero-order chi connectivity index (χ0) is 18.6. The minimum Gasteiger partial charge on any atom is -0.368 e. The average molecular weight is 377 g/mol. The lowest BCUT2D eigenvalue weighted by Gasteiger charge is -2.17. The number of nitrogens with two attached hydrogens (primary N) is 1. The molecule has 27 heavy (non-hydrogen) atoms. The van der Waals surface area contributed by atoms with Gasteiger partial charge >= 0.3 is 0 Å². The van der Waals surface area contributed by atoms with E-state index in [-0.39, 0.29) is 5.95 Å². The van der Waals surface area contributed by atoms with Gasteiger partial charge in [0.05, 0.1) is 16.3 Å². The molecule has 0 saturated heterocycles. The van der Waals surface area contributed by atoms with Crippen LogP contribution in [0.1, 0.15) is 43.4 Å². The molecular formula is C22H24N4S. The molecule has 1 saturated carbocycles. The molecule has 0 aliphatic heterocycles. The van der Waals surface area contributed by atoms with Crippen molar-refractivity contribution in [2.45, 2.75) is 39.0 Å². The summed E-state index contributed by atoms with van der Waals surface area (Å²) in [5.41, 5.74) is 9.90.